The minimum atomic E-state index is -0.821. The Kier molecular flexibility index (Phi) is 6.05. The molecule has 3 saturated heterocycles. The van der Waals surface area contributed by atoms with E-state index in [0.29, 0.717) is 12.5 Å². The van der Waals surface area contributed by atoms with Crippen molar-refractivity contribution in [1.29, 1.82) is 0 Å². The van der Waals surface area contributed by atoms with Crippen molar-refractivity contribution in [1.82, 2.24) is 9.80 Å². The zero-order valence-corrected chi connectivity index (χ0v) is 20.4. The maximum absolute atomic E-state index is 14.6. The number of carboxylic acid groups (broad SMARTS) is 1. The van der Waals surface area contributed by atoms with Gasteiger partial charge in [0, 0.05) is 6.54 Å². The molecule has 6 rings (SSSR count). The quantitative estimate of drug-likeness (QED) is 0.569. The van der Waals surface area contributed by atoms with Crippen LogP contribution in [0.5, 0.6) is 5.75 Å². The second-order valence-corrected chi connectivity index (χ2v) is 10.9. The molecule has 0 aromatic heterocycles. The first-order valence-electron chi connectivity index (χ1n) is 12.6. The summed E-state index contributed by atoms with van der Waals surface area (Å²) < 4.78 is 20.1. The molecule has 6 heteroatoms. The van der Waals surface area contributed by atoms with Gasteiger partial charge in [-0.25, -0.2) is 9.18 Å². The lowest BCUT2D eigenvalue weighted by atomic mass is 9.79. The van der Waals surface area contributed by atoms with Crippen LogP contribution >= 0.6 is 0 Å². The molecule has 4 aliphatic rings. The Balaban J connectivity index is 1.47. The van der Waals surface area contributed by atoms with Crippen LogP contribution in [0.15, 0.2) is 36.4 Å². The molecule has 5 nitrogen and oxygen atoms in total. The van der Waals surface area contributed by atoms with Gasteiger partial charge in [-0.2, -0.15) is 0 Å². The number of rotatable bonds is 6. The molecule has 0 unspecified atom stereocenters. The Labute approximate surface area is 201 Å². The third-order valence-corrected chi connectivity index (χ3v) is 8.03. The summed E-state index contributed by atoms with van der Waals surface area (Å²) in [4.78, 5) is 16.8. The van der Waals surface area contributed by atoms with E-state index in [1.807, 2.05) is 19.1 Å². The third kappa shape index (κ3) is 4.06. The Bertz CT molecular complexity index is 1080. The van der Waals surface area contributed by atoms with Crippen LogP contribution in [0.2, 0.25) is 0 Å². The number of carbonyl (C=O) groups is 1. The zero-order chi connectivity index (χ0) is 24.0. The van der Waals surface area contributed by atoms with E-state index in [0.717, 1.165) is 67.6 Å². The lowest BCUT2D eigenvalue weighted by Crippen LogP contribution is -2.60. The van der Waals surface area contributed by atoms with Gasteiger partial charge in [-0.05, 0) is 84.5 Å². The van der Waals surface area contributed by atoms with E-state index in [4.69, 9.17) is 4.74 Å². The number of hydrogen-bond acceptors (Lipinski definition) is 3. The van der Waals surface area contributed by atoms with Crippen molar-refractivity contribution in [2.75, 3.05) is 26.2 Å². The number of nitrogens with zero attached hydrogens (tertiary/aromatic N) is 2. The molecular weight excluding hydrogens is 431 g/mol. The molecule has 1 N–H and O–H groups in total. The third-order valence-electron chi connectivity index (χ3n) is 8.03. The Hall–Kier alpha value is -2.60. The van der Waals surface area contributed by atoms with Crippen molar-refractivity contribution in [3.63, 3.8) is 0 Å². The number of piperidine rings is 3. The smallest absolute Gasteiger partial charge is 0.408 e. The van der Waals surface area contributed by atoms with Gasteiger partial charge in [0.2, 0.25) is 0 Å². The van der Waals surface area contributed by atoms with Crippen LogP contribution in [-0.2, 0) is 6.42 Å². The van der Waals surface area contributed by atoms with Crippen LogP contribution in [0, 0.1) is 17.2 Å². The second kappa shape index (κ2) is 8.88. The summed E-state index contributed by atoms with van der Waals surface area (Å²) in [5, 5.41) is 10.4. The maximum Gasteiger partial charge on any atom is 0.408 e. The summed E-state index contributed by atoms with van der Waals surface area (Å²) in [5.74, 6) is 0.364. The van der Waals surface area contributed by atoms with Crippen LogP contribution in [0.1, 0.15) is 57.2 Å². The van der Waals surface area contributed by atoms with Crippen LogP contribution in [0.4, 0.5) is 9.18 Å². The van der Waals surface area contributed by atoms with E-state index in [1.54, 1.807) is 11.0 Å². The molecule has 3 fully saturated rings. The van der Waals surface area contributed by atoms with Crippen LogP contribution in [-0.4, -0.2) is 53.3 Å². The molecule has 2 aromatic carbocycles. The first kappa shape index (κ1) is 23.2. The Morgan fingerprint density at radius 1 is 1.18 bits per heavy atom. The first-order chi connectivity index (χ1) is 16.3. The van der Waals surface area contributed by atoms with Crippen molar-refractivity contribution in [3.05, 3.63) is 53.3 Å². The molecule has 0 radical (unpaired) electrons. The van der Waals surface area contributed by atoms with Crippen LogP contribution in [0.25, 0.3) is 11.1 Å². The monoisotopic (exact) mass is 466 g/mol. The Morgan fingerprint density at radius 3 is 2.50 bits per heavy atom. The molecule has 1 aliphatic carbocycles. The zero-order valence-electron chi connectivity index (χ0n) is 20.4. The van der Waals surface area contributed by atoms with E-state index < -0.39 is 6.09 Å². The predicted molar refractivity (Wildman–Crippen MR) is 131 cm³/mol. The molecule has 2 aromatic rings. The lowest BCUT2D eigenvalue weighted by molar-refractivity contribution is -0.0267. The molecule has 3 aliphatic heterocycles. The molecule has 0 spiro atoms. The highest BCUT2D eigenvalue weighted by atomic mass is 19.1. The molecule has 34 heavy (non-hydrogen) atoms. The molecule has 3 heterocycles. The Morgan fingerprint density at radius 2 is 1.88 bits per heavy atom. The fourth-order valence-corrected chi connectivity index (χ4v) is 6.44. The molecule has 2 atom stereocenters. The number of hydrogen-bond donors (Lipinski definition) is 1. The van der Waals surface area contributed by atoms with Crippen molar-refractivity contribution >= 4 is 6.09 Å². The van der Waals surface area contributed by atoms with Gasteiger partial charge in [0.25, 0.3) is 0 Å². The van der Waals surface area contributed by atoms with E-state index in [1.165, 1.54) is 6.07 Å². The number of halogens is 1. The summed E-state index contributed by atoms with van der Waals surface area (Å²) in [7, 11) is 0. The average molecular weight is 467 g/mol. The second-order valence-electron chi connectivity index (χ2n) is 10.9. The van der Waals surface area contributed by atoms with Crippen molar-refractivity contribution < 1.29 is 19.0 Å². The highest BCUT2D eigenvalue weighted by Gasteiger charge is 2.50. The fourth-order valence-electron chi connectivity index (χ4n) is 6.44. The summed E-state index contributed by atoms with van der Waals surface area (Å²) in [5.41, 5.74) is 3.79. The number of fused-ring (bicyclic) bond motifs is 4. The normalized spacial score (nSPS) is 26.8. The maximum atomic E-state index is 14.6. The molecule has 2 bridgehead atoms. The number of amides is 1. The van der Waals surface area contributed by atoms with Gasteiger partial charge in [-0.15, -0.1) is 0 Å². The highest BCUT2D eigenvalue weighted by Crippen LogP contribution is 2.51. The van der Waals surface area contributed by atoms with E-state index in [9.17, 15) is 14.3 Å². The van der Waals surface area contributed by atoms with E-state index in [2.05, 4.69) is 30.9 Å². The SMILES string of the molecule is CCCOc1ccc(-c2ccc3c(c2)CC(C)(C)[C@H]3N(C(=O)O)[C@@H]2CN3CCC2CC3)cc1F. The van der Waals surface area contributed by atoms with E-state index >= 15 is 0 Å². The van der Waals surface area contributed by atoms with Gasteiger partial charge in [0.1, 0.15) is 0 Å². The van der Waals surface area contributed by atoms with Crippen LogP contribution in [0.3, 0.4) is 0 Å². The molecule has 0 saturated carbocycles. The summed E-state index contributed by atoms with van der Waals surface area (Å²) in [6, 6.07) is 11.2. The number of benzene rings is 2. The topological polar surface area (TPSA) is 53.0 Å². The van der Waals surface area contributed by atoms with Crippen molar-refractivity contribution in [3.8, 4) is 16.9 Å². The summed E-state index contributed by atoms with van der Waals surface area (Å²) in [6.45, 7) is 9.84. The minimum Gasteiger partial charge on any atom is -0.491 e. The highest BCUT2D eigenvalue weighted by molar-refractivity contribution is 5.69. The van der Waals surface area contributed by atoms with Gasteiger partial charge in [-0.3, -0.25) is 4.90 Å². The van der Waals surface area contributed by atoms with Gasteiger partial charge in [0.05, 0.1) is 18.7 Å². The largest absolute Gasteiger partial charge is 0.491 e. The minimum absolute atomic E-state index is 0.0414. The van der Waals surface area contributed by atoms with Crippen molar-refractivity contribution in [2.24, 2.45) is 11.3 Å². The summed E-state index contributed by atoms with van der Waals surface area (Å²) >= 11 is 0. The van der Waals surface area contributed by atoms with Gasteiger partial charge < -0.3 is 14.7 Å². The molecule has 182 valence electrons. The van der Waals surface area contributed by atoms with Crippen molar-refractivity contribution in [2.45, 2.75) is 58.5 Å². The number of ether oxygens (including phenoxy) is 1. The molecular formula is C28H35FN2O3. The standard InChI is InChI=1S/C28H35FN2O3/c1-4-13-34-25-8-6-20(15-23(25)29)19-5-7-22-21(14-19)16-28(2,3)26(22)31(27(32)33)24-17-30-11-9-18(24)10-12-30/h5-8,14-15,18,24,26H,4,9-13,16-17H2,1-3H3,(H,32,33)/t24-,26+/m1/s1. The predicted octanol–water partition coefficient (Wildman–Crippen LogP) is 5.98. The molecule has 1 amide bonds. The lowest BCUT2D eigenvalue weighted by Gasteiger charge is -2.51. The van der Waals surface area contributed by atoms with Gasteiger partial charge in [-0.1, -0.05) is 45.0 Å². The fraction of sp³-hybridized carbons (Fsp3) is 0.536. The average Bonchev–Trinajstić information content (AvgIpc) is 3.08. The van der Waals surface area contributed by atoms with Gasteiger partial charge >= 0.3 is 6.09 Å². The van der Waals surface area contributed by atoms with E-state index in [-0.39, 0.29) is 29.1 Å². The van der Waals surface area contributed by atoms with Gasteiger partial charge in [0.15, 0.2) is 11.6 Å². The summed E-state index contributed by atoms with van der Waals surface area (Å²) in [6.07, 6.45) is 2.97. The first-order valence-corrected chi connectivity index (χ1v) is 12.6. The van der Waals surface area contributed by atoms with Crippen LogP contribution < -0.4 is 4.74 Å².